The summed E-state index contributed by atoms with van der Waals surface area (Å²) in [6, 6.07) is 24.2. The summed E-state index contributed by atoms with van der Waals surface area (Å²) < 4.78 is 1.09. The van der Waals surface area contributed by atoms with Gasteiger partial charge in [-0.3, -0.25) is 0 Å². The third-order valence-corrected chi connectivity index (χ3v) is 4.59. The van der Waals surface area contributed by atoms with Gasteiger partial charge in [0.25, 0.3) is 0 Å². The summed E-state index contributed by atoms with van der Waals surface area (Å²) in [6.07, 6.45) is 1.78. The highest BCUT2D eigenvalue weighted by atomic mass is 79.9. The molecule has 0 saturated carbocycles. The Labute approximate surface area is 142 Å². The summed E-state index contributed by atoms with van der Waals surface area (Å²) in [7, 11) is 0. The van der Waals surface area contributed by atoms with Gasteiger partial charge >= 0.3 is 0 Å². The lowest BCUT2D eigenvalue weighted by molar-refractivity contribution is 1.25. The van der Waals surface area contributed by atoms with Gasteiger partial charge in [-0.25, -0.2) is 0 Å². The summed E-state index contributed by atoms with van der Waals surface area (Å²) in [5.74, 6) is 0. The van der Waals surface area contributed by atoms with E-state index in [1.54, 1.807) is 17.6 Å². The molecule has 0 N–H and O–H groups in total. The minimum absolute atomic E-state index is 0.869. The second-order valence-corrected chi connectivity index (χ2v) is 7.06. The fourth-order valence-corrected chi connectivity index (χ4v) is 3.31. The first-order chi connectivity index (χ1) is 10.8. The molecule has 2 aromatic carbocycles. The minimum atomic E-state index is 0.869. The van der Waals surface area contributed by atoms with Crippen molar-refractivity contribution in [1.29, 1.82) is 0 Å². The fourth-order valence-electron chi connectivity index (χ4n) is 2.02. The second-order valence-electron chi connectivity index (χ2n) is 4.57. The maximum Gasteiger partial charge on any atom is 0.100 e. The van der Waals surface area contributed by atoms with E-state index < -0.39 is 0 Å². The Balaban J connectivity index is 1.95. The average Bonchev–Trinajstić information content (AvgIpc) is 2.99. The number of halogens is 1. The lowest BCUT2D eigenvalue weighted by Gasteiger charge is -2.04. The Hall–Kier alpha value is -2.04. The maximum absolute atomic E-state index is 4.45. The van der Waals surface area contributed by atoms with Gasteiger partial charge in [-0.1, -0.05) is 60.7 Å². The number of benzene rings is 2. The molecule has 0 unspecified atom stereocenters. The first-order valence-electron chi connectivity index (χ1n) is 6.80. The van der Waals surface area contributed by atoms with Gasteiger partial charge in [-0.2, -0.15) is 5.10 Å². The molecular weight excluding hydrogens is 356 g/mol. The van der Waals surface area contributed by atoms with Crippen molar-refractivity contribution in [2.45, 2.75) is 0 Å². The van der Waals surface area contributed by atoms with E-state index in [-0.39, 0.29) is 0 Å². The molecule has 0 aliphatic rings. The first-order valence-corrected chi connectivity index (χ1v) is 8.41. The van der Waals surface area contributed by atoms with Gasteiger partial charge in [0.15, 0.2) is 0 Å². The molecule has 0 bridgehead atoms. The van der Waals surface area contributed by atoms with E-state index in [2.05, 4.69) is 26.1 Å². The quantitative estimate of drug-likeness (QED) is 0.436. The van der Waals surface area contributed by atoms with Gasteiger partial charge < -0.3 is 0 Å². The number of hydrogen-bond donors (Lipinski definition) is 0. The van der Waals surface area contributed by atoms with Gasteiger partial charge in [0.1, 0.15) is 5.71 Å². The summed E-state index contributed by atoms with van der Waals surface area (Å²) in [5, 5.41) is 8.71. The van der Waals surface area contributed by atoms with E-state index in [0.717, 1.165) is 25.5 Å². The molecule has 0 fully saturated rings. The average molecular weight is 369 g/mol. The molecule has 0 atom stereocenters. The Bertz CT molecular complexity index is 751. The number of hydrogen-bond acceptors (Lipinski definition) is 3. The fraction of sp³-hybridized carbons (Fsp3) is 0. The highest BCUT2D eigenvalue weighted by Crippen LogP contribution is 2.20. The molecule has 2 nitrogen and oxygen atoms in total. The van der Waals surface area contributed by atoms with E-state index in [4.69, 9.17) is 0 Å². The normalized spacial score (nSPS) is 10.8. The minimum Gasteiger partial charge on any atom is -0.157 e. The summed E-state index contributed by atoms with van der Waals surface area (Å²) >= 11 is 5.08. The molecule has 0 spiro atoms. The highest BCUT2D eigenvalue weighted by Gasteiger charge is 2.05. The van der Waals surface area contributed by atoms with Gasteiger partial charge in [-0.15, -0.1) is 16.4 Å². The smallest absolute Gasteiger partial charge is 0.100 e. The number of thiophene rings is 1. The first kappa shape index (κ1) is 14.9. The summed E-state index contributed by atoms with van der Waals surface area (Å²) in [5.41, 5.74) is 2.98. The molecule has 0 aliphatic heterocycles. The monoisotopic (exact) mass is 368 g/mol. The maximum atomic E-state index is 4.45. The Morgan fingerprint density at radius 3 is 1.91 bits per heavy atom. The molecule has 0 saturated heterocycles. The van der Waals surface area contributed by atoms with E-state index in [1.807, 2.05) is 72.8 Å². The van der Waals surface area contributed by atoms with Crippen molar-refractivity contribution in [3.05, 3.63) is 92.6 Å². The third kappa shape index (κ3) is 3.78. The van der Waals surface area contributed by atoms with Crippen LogP contribution in [0.1, 0.15) is 16.0 Å². The van der Waals surface area contributed by atoms with Crippen LogP contribution in [-0.2, 0) is 0 Å². The van der Waals surface area contributed by atoms with Crippen molar-refractivity contribution in [3.63, 3.8) is 0 Å². The van der Waals surface area contributed by atoms with E-state index >= 15 is 0 Å². The lowest BCUT2D eigenvalue weighted by atomic mass is 10.0. The van der Waals surface area contributed by atoms with E-state index in [9.17, 15) is 0 Å². The molecular formula is C18H13BrN2S. The summed E-state index contributed by atoms with van der Waals surface area (Å²) in [6.45, 7) is 0. The van der Waals surface area contributed by atoms with Crippen LogP contribution in [0.2, 0.25) is 0 Å². The molecule has 1 heterocycles. The molecule has 0 amide bonds. The van der Waals surface area contributed by atoms with Crippen molar-refractivity contribution >= 4 is 39.2 Å². The topological polar surface area (TPSA) is 24.7 Å². The van der Waals surface area contributed by atoms with Crippen LogP contribution in [0.4, 0.5) is 0 Å². The standard InChI is InChI=1S/C18H13BrN2S/c19-17-12-11-16(22-17)13-20-21-18(14-7-3-1-4-8-14)15-9-5-2-6-10-15/h1-13H/b20-13+. The second kappa shape index (κ2) is 7.29. The van der Waals surface area contributed by atoms with Gasteiger partial charge in [0.2, 0.25) is 0 Å². The van der Waals surface area contributed by atoms with Crippen molar-refractivity contribution in [2.75, 3.05) is 0 Å². The molecule has 0 radical (unpaired) electrons. The SMILES string of the molecule is Brc1ccc(/C=N/N=C(c2ccccc2)c2ccccc2)s1. The van der Waals surface area contributed by atoms with Crippen LogP contribution in [0.15, 0.2) is 86.8 Å². The zero-order chi connectivity index (χ0) is 15.2. The van der Waals surface area contributed by atoms with E-state index in [0.29, 0.717) is 0 Å². The lowest BCUT2D eigenvalue weighted by Crippen LogP contribution is -2.02. The van der Waals surface area contributed by atoms with Crippen LogP contribution in [-0.4, -0.2) is 11.9 Å². The van der Waals surface area contributed by atoms with Crippen molar-refractivity contribution in [3.8, 4) is 0 Å². The molecule has 3 aromatic rings. The Morgan fingerprint density at radius 1 is 0.818 bits per heavy atom. The predicted octanol–water partition coefficient (Wildman–Crippen LogP) is 5.38. The largest absolute Gasteiger partial charge is 0.157 e. The predicted molar refractivity (Wildman–Crippen MR) is 98.1 cm³/mol. The van der Waals surface area contributed by atoms with Crippen molar-refractivity contribution < 1.29 is 0 Å². The van der Waals surface area contributed by atoms with Crippen LogP contribution in [0.5, 0.6) is 0 Å². The molecule has 22 heavy (non-hydrogen) atoms. The van der Waals surface area contributed by atoms with Crippen LogP contribution >= 0.6 is 27.3 Å². The van der Waals surface area contributed by atoms with E-state index in [1.165, 1.54) is 0 Å². The number of rotatable bonds is 4. The Morgan fingerprint density at radius 2 is 1.41 bits per heavy atom. The molecule has 3 rings (SSSR count). The summed E-state index contributed by atoms with van der Waals surface area (Å²) in [4.78, 5) is 1.07. The van der Waals surface area contributed by atoms with Crippen molar-refractivity contribution in [1.82, 2.24) is 0 Å². The van der Waals surface area contributed by atoms with Crippen LogP contribution in [0.25, 0.3) is 0 Å². The zero-order valence-electron chi connectivity index (χ0n) is 11.7. The molecule has 108 valence electrons. The van der Waals surface area contributed by atoms with Gasteiger partial charge in [0, 0.05) is 16.0 Å². The molecule has 0 aliphatic carbocycles. The van der Waals surface area contributed by atoms with Gasteiger partial charge in [0.05, 0.1) is 10.0 Å². The van der Waals surface area contributed by atoms with Gasteiger partial charge in [-0.05, 0) is 28.1 Å². The van der Waals surface area contributed by atoms with Crippen molar-refractivity contribution in [2.24, 2.45) is 10.2 Å². The number of nitrogens with zero attached hydrogens (tertiary/aromatic N) is 2. The molecule has 1 aromatic heterocycles. The third-order valence-electron chi connectivity index (χ3n) is 3.03. The molecule has 4 heteroatoms. The highest BCUT2D eigenvalue weighted by molar-refractivity contribution is 9.11. The Kier molecular flexibility index (Phi) is 4.93. The van der Waals surface area contributed by atoms with Crippen LogP contribution < -0.4 is 0 Å². The zero-order valence-corrected chi connectivity index (χ0v) is 14.1. The van der Waals surface area contributed by atoms with Crippen LogP contribution in [0, 0.1) is 0 Å². The van der Waals surface area contributed by atoms with Crippen LogP contribution in [0.3, 0.4) is 0 Å².